The van der Waals surface area contributed by atoms with Crippen molar-refractivity contribution in [3.8, 4) is 23.0 Å². The summed E-state index contributed by atoms with van der Waals surface area (Å²) in [6, 6.07) is 1.10. The molecule has 15 nitrogen and oxygen atoms in total. The van der Waals surface area contributed by atoms with Crippen molar-refractivity contribution in [2.24, 2.45) is 23.7 Å². The highest BCUT2D eigenvalue weighted by Gasteiger charge is 2.49. The fourth-order valence-corrected chi connectivity index (χ4v) is 7.28. The number of hydrogen-bond donors (Lipinski definition) is 5. The number of hydrogen-bond acceptors (Lipinski definition) is 13. The lowest BCUT2D eigenvalue weighted by Crippen LogP contribution is -2.46. The molecule has 3 aliphatic rings. The van der Waals surface area contributed by atoms with Gasteiger partial charge in [0.2, 0.25) is 0 Å². The topological polar surface area (TPSA) is 211 Å². The molecule has 15 heteroatoms. The van der Waals surface area contributed by atoms with Crippen LogP contribution < -0.4 is 14.8 Å². The third-order valence-corrected chi connectivity index (χ3v) is 11.3. The Labute approximate surface area is 339 Å². The molecule has 3 heterocycles. The zero-order chi connectivity index (χ0) is 43.5. The Morgan fingerprint density at radius 3 is 2.24 bits per heavy atom. The number of nitrogens with one attached hydrogen (secondary N) is 1. The van der Waals surface area contributed by atoms with Gasteiger partial charge in [-0.25, -0.2) is 0 Å². The van der Waals surface area contributed by atoms with Crippen molar-refractivity contribution < 1.29 is 63.3 Å². The summed E-state index contributed by atoms with van der Waals surface area (Å²) in [6.07, 6.45) is 3.58. The number of carbonyl (C=O) groups excluding carboxylic acids is 4. The number of esters is 1. The van der Waals surface area contributed by atoms with Gasteiger partial charge in [0, 0.05) is 80.3 Å². The van der Waals surface area contributed by atoms with Crippen LogP contribution in [0, 0.1) is 30.6 Å². The summed E-state index contributed by atoms with van der Waals surface area (Å²) in [5.74, 6) is -8.09. The first-order valence-electron chi connectivity index (χ1n) is 19.3. The minimum atomic E-state index is -2.02. The first-order valence-corrected chi connectivity index (χ1v) is 19.3. The standard InChI is InChI=1S/C43H58N2O13/c1-20(2)45(11)31(47)19-55-30-18-28-38(51)33-32(30)34-40(26(8)37(33)50)58-43(10,41(34)52)56-17-16-29(54-12)23(5)39(57-27(9)46)25(7)36(49)24(6)35(48)21(3)14-13-15-22(4)42(53)44-28/h13-18,20-21,23-25,29,35-36,39,48-51H,19H2,1-12H3,(H,44,53)/b14-13-,17-16-,22-15-/t21-,23+,24+,25+,29-,35-,36+,39+,43-/m0/s1. The maximum atomic E-state index is 14.4. The van der Waals surface area contributed by atoms with Crippen LogP contribution in [0.1, 0.15) is 78.2 Å². The van der Waals surface area contributed by atoms with E-state index in [1.54, 1.807) is 46.9 Å². The number of anilines is 1. The van der Waals surface area contributed by atoms with Crippen LogP contribution >= 0.6 is 0 Å². The number of allylic oxidation sites excluding steroid dienone is 2. The van der Waals surface area contributed by atoms with E-state index < -0.39 is 95.5 Å². The predicted octanol–water partition coefficient (Wildman–Crippen LogP) is 5.29. The molecule has 0 spiro atoms. The summed E-state index contributed by atoms with van der Waals surface area (Å²) < 4.78 is 29.7. The average Bonchev–Trinajstić information content (AvgIpc) is 3.44. The zero-order valence-electron chi connectivity index (χ0n) is 35.3. The van der Waals surface area contributed by atoms with Gasteiger partial charge in [-0.2, -0.15) is 0 Å². The van der Waals surface area contributed by atoms with E-state index in [-0.39, 0.29) is 50.7 Å². The van der Waals surface area contributed by atoms with Crippen LogP contribution in [-0.2, 0) is 28.6 Å². The highest BCUT2D eigenvalue weighted by molar-refractivity contribution is 6.21. The zero-order valence-corrected chi connectivity index (χ0v) is 35.3. The Morgan fingerprint density at radius 1 is 0.983 bits per heavy atom. The highest BCUT2D eigenvalue weighted by atomic mass is 16.7. The summed E-state index contributed by atoms with van der Waals surface area (Å²) in [5, 5.41) is 48.3. The summed E-state index contributed by atoms with van der Waals surface area (Å²) in [5.41, 5.74) is -0.0251. The molecule has 2 amide bonds. The van der Waals surface area contributed by atoms with Crippen LogP contribution in [0.3, 0.4) is 0 Å². The Morgan fingerprint density at radius 2 is 1.64 bits per heavy atom. The molecule has 2 aromatic carbocycles. The Bertz CT molecular complexity index is 2010. The van der Waals surface area contributed by atoms with Crippen LogP contribution in [0.2, 0.25) is 0 Å². The number of nitrogens with zero attached hydrogens (tertiary/aromatic N) is 1. The van der Waals surface area contributed by atoms with Gasteiger partial charge in [-0.3, -0.25) is 19.2 Å². The van der Waals surface area contributed by atoms with E-state index in [9.17, 15) is 39.6 Å². The lowest BCUT2D eigenvalue weighted by molar-refractivity contribution is -0.160. The molecule has 0 aromatic heterocycles. The molecule has 0 unspecified atom stereocenters. The van der Waals surface area contributed by atoms with Gasteiger partial charge in [0.1, 0.15) is 23.4 Å². The van der Waals surface area contributed by atoms with E-state index >= 15 is 0 Å². The van der Waals surface area contributed by atoms with Crippen molar-refractivity contribution in [2.45, 2.75) is 105 Å². The maximum Gasteiger partial charge on any atom is 0.312 e. The molecule has 0 aliphatic carbocycles. The van der Waals surface area contributed by atoms with Gasteiger partial charge in [0.15, 0.2) is 12.4 Å². The number of phenols is 2. The van der Waals surface area contributed by atoms with Gasteiger partial charge >= 0.3 is 11.8 Å². The van der Waals surface area contributed by atoms with Crippen LogP contribution in [0.4, 0.5) is 5.69 Å². The van der Waals surface area contributed by atoms with E-state index in [1.165, 1.54) is 64.2 Å². The number of amides is 2. The summed E-state index contributed by atoms with van der Waals surface area (Å²) >= 11 is 0. The number of Topliss-reactive ketones (excluding diaryl/α,β-unsaturated/α-hetero) is 1. The number of rotatable bonds is 6. The van der Waals surface area contributed by atoms with Crippen molar-refractivity contribution >= 4 is 40.0 Å². The molecule has 2 aromatic rings. The normalized spacial score (nSPS) is 30.2. The fourth-order valence-electron chi connectivity index (χ4n) is 7.28. The van der Waals surface area contributed by atoms with Crippen molar-refractivity contribution in [2.75, 3.05) is 26.1 Å². The lowest BCUT2D eigenvalue weighted by Gasteiger charge is -2.38. The molecule has 9 atom stereocenters. The summed E-state index contributed by atoms with van der Waals surface area (Å²) in [6.45, 7) is 15.7. The summed E-state index contributed by atoms with van der Waals surface area (Å²) in [4.78, 5) is 54.8. The summed E-state index contributed by atoms with van der Waals surface area (Å²) in [7, 11) is 3.04. The fraction of sp³-hybridized carbons (Fsp3) is 0.535. The van der Waals surface area contributed by atoms with Crippen molar-refractivity contribution in [1.82, 2.24) is 4.90 Å². The molecule has 0 saturated carbocycles. The SMILES string of the molecule is CO[C@H]1/C=C\O[C@@]2(C)Oc3c(C)c(O)c4c(O)c(cc(OCC(=O)N(C)C(C)C)c4c3C2=O)NC(=O)/C(C)=C\C=C/[C@H](C)[C@H](O)[C@@H](C)[C@@H](O)[C@@H](C)[C@H](OC(C)=O)[C@@H]1C. The van der Waals surface area contributed by atoms with Crippen molar-refractivity contribution in [1.29, 1.82) is 0 Å². The molecule has 5 N–H and O–H groups in total. The monoisotopic (exact) mass is 810 g/mol. The predicted molar refractivity (Wildman–Crippen MR) is 216 cm³/mol. The van der Waals surface area contributed by atoms with Gasteiger partial charge in [-0.15, -0.1) is 0 Å². The van der Waals surface area contributed by atoms with E-state index in [4.69, 9.17) is 23.7 Å². The van der Waals surface area contributed by atoms with Gasteiger partial charge in [-0.1, -0.05) is 45.9 Å². The second-order valence-corrected chi connectivity index (χ2v) is 15.8. The number of ether oxygens (including phenoxy) is 5. The van der Waals surface area contributed by atoms with Gasteiger partial charge in [-0.05, 0) is 33.8 Å². The van der Waals surface area contributed by atoms with Crippen LogP contribution in [0.5, 0.6) is 23.0 Å². The molecular weight excluding hydrogens is 752 g/mol. The molecule has 5 bridgehead atoms. The Kier molecular flexibility index (Phi) is 14.3. The second kappa shape index (κ2) is 18.2. The van der Waals surface area contributed by atoms with Crippen molar-refractivity contribution in [3.63, 3.8) is 0 Å². The van der Waals surface area contributed by atoms with E-state index in [1.807, 2.05) is 13.8 Å². The van der Waals surface area contributed by atoms with Gasteiger partial charge < -0.3 is 54.3 Å². The quantitative estimate of drug-likeness (QED) is 0.186. The van der Waals surface area contributed by atoms with E-state index in [2.05, 4.69) is 5.32 Å². The molecule has 318 valence electrons. The van der Waals surface area contributed by atoms with Gasteiger partial charge in [0.25, 0.3) is 17.6 Å². The Hall–Kier alpha value is -5.12. The van der Waals surface area contributed by atoms with Crippen molar-refractivity contribution in [3.05, 3.63) is 53.3 Å². The average molecular weight is 811 g/mol. The number of carbonyl (C=O) groups is 4. The van der Waals surface area contributed by atoms with Crippen LogP contribution in [0.15, 0.2) is 42.2 Å². The van der Waals surface area contributed by atoms with Crippen LogP contribution in [-0.4, -0.2) is 106 Å². The smallest absolute Gasteiger partial charge is 0.312 e. The maximum absolute atomic E-state index is 14.4. The number of likely N-dealkylation sites (N-methyl/N-ethyl adjacent to an activating group) is 1. The van der Waals surface area contributed by atoms with Crippen LogP contribution in [0.25, 0.3) is 10.8 Å². The molecule has 5 rings (SSSR count). The number of phenolic OH excluding ortho intramolecular Hbond substituents is 2. The lowest BCUT2D eigenvalue weighted by atomic mass is 9.78. The van der Waals surface area contributed by atoms with E-state index in [0.717, 1.165) is 0 Å². The molecule has 0 radical (unpaired) electrons. The number of aliphatic hydroxyl groups excluding tert-OH is 2. The molecular formula is C43H58N2O13. The molecule has 58 heavy (non-hydrogen) atoms. The van der Waals surface area contributed by atoms with E-state index in [0.29, 0.717) is 0 Å². The second-order valence-electron chi connectivity index (χ2n) is 15.8. The Balaban J connectivity index is 1.94. The number of aliphatic hydroxyl groups is 2. The molecule has 3 aliphatic heterocycles. The number of fused-ring (bicyclic) bond motifs is 14. The number of aromatic hydroxyl groups is 2. The highest BCUT2D eigenvalue weighted by Crippen LogP contribution is 2.54. The third kappa shape index (κ3) is 9.11. The number of methoxy groups -OCH3 is 1. The number of ketones is 1. The first kappa shape index (κ1) is 45.6. The third-order valence-electron chi connectivity index (χ3n) is 11.3. The number of benzene rings is 2. The largest absolute Gasteiger partial charge is 0.507 e. The first-order chi connectivity index (χ1) is 27.1. The molecule has 0 saturated heterocycles. The van der Waals surface area contributed by atoms with Gasteiger partial charge in [0.05, 0.1) is 41.2 Å². The minimum absolute atomic E-state index is 0.0615. The minimum Gasteiger partial charge on any atom is -0.507 e. The molecule has 0 fully saturated rings.